The van der Waals surface area contributed by atoms with Crippen molar-refractivity contribution in [1.29, 1.82) is 0 Å². The molecule has 6 heteroatoms. The van der Waals surface area contributed by atoms with Crippen LogP contribution in [-0.2, 0) is 0 Å². The van der Waals surface area contributed by atoms with Crippen LogP contribution in [-0.4, -0.2) is 46.5 Å². The van der Waals surface area contributed by atoms with Crippen LogP contribution in [0.25, 0.3) is 11.0 Å². The molecule has 18 heavy (non-hydrogen) atoms. The second-order valence-corrected chi connectivity index (χ2v) is 4.70. The van der Waals surface area contributed by atoms with Crippen LogP contribution in [0.5, 0.6) is 0 Å². The number of anilines is 1. The molecule has 2 aromatic rings. The zero-order valence-corrected chi connectivity index (χ0v) is 11.3. The highest BCUT2D eigenvalue weighted by Gasteiger charge is 2.11. The van der Waals surface area contributed by atoms with E-state index in [9.17, 15) is 0 Å². The molecular formula is C12H14BrN3O2. The lowest BCUT2D eigenvalue weighted by molar-refractivity contribution is 0.281. The molecule has 0 fully saturated rings. The molecule has 0 radical (unpaired) electrons. The summed E-state index contributed by atoms with van der Waals surface area (Å²) in [4.78, 5) is 10.5. The molecule has 2 N–H and O–H groups in total. The Balaban J connectivity index is 2.48. The highest BCUT2D eigenvalue weighted by Crippen LogP contribution is 2.24. The Labute approximate surface area is 113 Å². The van der Waals surface area contributed by atoms with Crippen molar-refractivity contribution in [2.75, 3.05) is 31.2 Å². The lowest BCUT2D eigenvalue weighted by atomic mass is 10.2. The van der Waals surface area contributed by atoms with Gasteiger partial charge in [-0.2, -0.15) is 0 Å². The van der Waals surface area contributed by atoms with Gasteiger partial charge in [-0.05, 0) is 28.1 Å². The maximum Gasteiger partial charge on any atom is 0.112 e. The SMILES string of the molecule is OCCN(CCO)c1ccnc2cc(Br)cnc12. The summed E-state index contributed by atoms with van der Waals surface area (Å²) in [6.07, 6.45) is 3.41. The van der Waals surface area contributed by atoms with Crippen molar-refractivity contribution < 1.29 is 10.2 Å². The number of halogens is 1. The first-order valence-electron chi connectivity index (χ1n) is 5.63. The number of hydrogen-bond donors (Lipinski definition) is 2. The Kier molecular flexibility index (Phi) is 4.46. The summed E-state index contributed by atoms with van der Waals surface area (Å²) in [5.74, 6) is 0. The van der Waals surface area contributed by atoms with Gasteiger partial charge in [-0.15, -0.1) is 0 Å². The van der Waals surface area contributed by atoms with Crippen molar-refractivity contribution in [3.63, 3.8) is 0 Å². The fourth-order valence-corrected chi connectivity index (χ4v) is 2.16. The summed E-state index contributed by atoms with van der Waals surface area (Å²) in [5.41, 5.74) is 2.42. The number of aromatic nitrogens is 2. The molecule has 0 aliphatic carbocycles. The smallest absolute Gasteiger partial charge is 0.112 e. The Morgan fingerprint density at radius 1 is 1.17 bits per heavy atom. The Hall–Kier alpha value is -1.24. The maximum atomic E-state index is 9.07. The van der Waals surface area contributed by atoms with Crippen molar-refractivity contribution in [2.24, 2.45) is 0 Å². The summed E-state index contributed by atoms with van der Waals surface area (Å²) < 4.78 is 0.871. The van der Waals surface area contributed by atoms with E-state index >= 15 is 0 Å². The molecule has 0 saturated carbocycles. The van der Waals surface area contributed by atoms with Gasteiger partial charge in [-0.3, -0.25) is 9.97 Å². The minimum Gasteiger partial charge on any atom is -0.395 e. The van der Waals surface area contributed by atoms with Gasteiger partial charge in [0.25, 0.3) is 0 Å². The van der Waals surface area contributed by atoms with Crippen molar-refractivity contribution in [2.45, 2.75) is 0 Å². The van der Waals surface area contributed by atoms with Crippen LogP contribution < -0.4 is 4.90 Å². The van der Waals surface area contributed by atoms with Gasteiger partial charge in [0, 0.05) is 30.0 Å². The molecule has 5 nitrogen and oxygen atoms in total. The van der Waals surface area contributed by atoms with Gasteiger partial charge in [0.05, 0.1) is 24.4 Å². The zero-order valence-electron chi connectivity index (χ0n) is 9.75. The first-order chi connectivity index (χ1) is 8.76. The molecule has 0 aliphatic heterocycles. The molecule has 0 aliphatic rings. The minimum absolute atomic E-state index is 0.0281. The number of aliphatic hydroxyl groups excluding tert-OH is 2. The van der Waals surface area contributed by atoms with Gasteiger partial charge in [0.1, 0.15) is 5.52 Å². The average Bonchev–Trinajstić information content (AvgIpc) is 2.37. The van der Waals surface area contributed by atoms with Crippen LogP contribution in [0.4, 0.5) is 5.69 Å². The highest BCUT2D eigenvalue weighted by atomic mass is 79.9. The normalized spacial score (nSPS) is 10.8. The molecule has 0 unspecified atom stereocenters. The summed E-state index contributed by atoms with van der Waals surface area (Å²) in [5, 5.41) is 18.1. The second kappa shape index (κ2) is 6.08. The van der Waals surface area contributed by atoms with Crippen molar-refractivity contribution in [1.82, 2.24) is 9.97 Å². The predicted octanol–water partition coefficient (Wildman–Crippen LogP) is 1.18. The first-order valence-corrected chi connectivity index (χ1v) is 6.42. The minimum atomic E-state index is 0.0281. The zero-order chi connectivity index (χ0) is 13.0. The van der Waals surface area contributed by atoms with E-state index in [1.165, 1.54) is 0 Å². The van der Waals surface area contributed by atoms with Gasteiger partial charge >= 0.3 is 0 Å². The van der Waals surface area contributed by atoms with E-state index in [1.807, 2.05) is 17.0 Å². The van der Waals surface area contributed by atoms with Crippen LogP contribution in [0.2, 0.25) is 0 Å². The molecule has 0 saturated heterocycles. The Morgan fingerprint density at radius 3 is 2.56 bits per heavy atom. The predicted molar refractivity (Wildman–Crippen MR) is 73.6 cm³/mol. The van der Waals surface area contributed by atoms with Crippen LogP contribution in [0.1, 0.15) is 0 Å². The van der Waals surface area contributed by atoms with Gasteiger partial charge in [-0.25, -0.2) is 0 Å². The molecule has 0 atom stereocenters. The molecule has 0 bridgehead atoms. The third-order valence-corrected chi connectivity index (χ3v) is 3.04. The van der Waals surface area contributed by atoms with Gasteiger partial charge in [-0.1, -0.05) is 0 Å². The van der Waals surface area contributed by atoms with E-state index in [0.717, 1.165) is 21.2 Å². The lowest BCUT2D eigenvalue weighted by Crippen LogP contribution is -2.30. The summed E-state index contributed by atoms with van der Waals surface area (Å²) >= 11 is 3.36. The Bertz CT molecular complexity index is 530. The van der Waals surface area contributed by atoms with Crippen molar-refractivity contribution >= 4 is 32.7 Å². The molecular weight excluding hydrogens is 298 g/mol. The summed E-state index contributed by atoms with van der Waals surface area (Å²) in [6.45, 7) is 0.968. The largest absolute Gasteiger partial charge is 0.395 e. The molecule has 96 valence electrons. The molecule has 2 rings (SSSR count). The first kappa shape index (κ1) is 13.2. The molecule has 2 aromatic heterocycles. The van der Waals surface area contributed by atoms with Crippen LogP contribution >= 0.6 is 15.9 Å². The van der Waals surface area contributed by atoms with E-state index in [1.54, 1.807) is 12.4 Å². The molecule has 0 spiro atoms. The topological polar surface area (TPSA) is 69.5 Å². The van der Waals surface area contributed by atoms with E-state index < -0.39 is 0 Å². The van der Waals surface area contributed by atoms with Gasteiger partial charge < -0.3 is 15.1 Å². The number of fused-ring (bicyclic) bond motifs is 1. The monoisotopic (exact) mass is 311 g/mol. The van der Waals surface area contributed by atoms with Crippen molar-refractivity contribution in [3.05, 3.63) is 29.0 Å². The number of rotatable bonds is 5. The van der Waals surface area contributed by atoms with Crippen molar-refractivity contribution in [3.8, 4) is 0 Å². The third-order valence-electron chi connectivity index (χ3n) is 2.60. The number of pyridine rings is 2. The Morgan fingerprint density at radius 2 is 1.89 bits per heavy atom. The van der Waals surface area contributed by atoms with Gasteiger partial charge in [0.15, 0.2) is 0 Å². The number of aliphatic hydroxyl groups is 2. The average molecular weight is 312 g/mol. The number of nitrogens with zero attached hydrogens (tertiary/aromatic N) is 3. The summed E-state index contributed by atoms with van der Waals surface area (Å²) in [7, 11) is 0. The molecule has 2 heterocycles. The standard InChI is InChI=1S/C12H14BrN3O2/c13-9-7-10-12(15-8-9)11(1-2-14-10)16(3-5-17)4-6-18/h1-2,7-8,17-18H,3-6H2. The van der Waals surface area contributed by atoms with Crippen LogP contribution in [0, 0.1) is 0 Å². The van der Waals surface area contributed by atoms with Gasteiger partial charge in [0.2, 0.25) is 0 Å². The molecule has 0 amide bonds. The van der Waals surface area contributed by atoms with Crippen LogP contribution in [0.15, 0.2) is 29.0 Å². The lowest BCUT2D eigenvalue weighted by Gasteiger charge is -2.23. The summed E-state index contributed by atoms with van der Waals surface area (Å²) in [6, 6.07) is 3.73. The number of hydrogen-bond acceptors (Lipinski definition) is 5. The highest BCUT2D eigenvalue weighted by molar-refractivity contribution is 9.10. The van der Waals surface area contributed by atoms with E-state index in [-0.39, 0.29) is 13.2 Å². The van der Waals surface area contributed by atoms with E-state index in [0.29, 0.717) is 13.1 Å². The second-order valence-electron chi connectivity index (χ2n) is 3.79. The van der Waals surface area contributed by atoms with E-state index in [2.05, 4.69) is 25.9 Å². The fraction of sp³-hybridized carbons (Fsp3) is 0.333. The van der Waals surface area contributed by atoms with Crippen LogP contribution in [0.3, 0.4) is 0 Å². The third kappa shape index (κ3) is 2.77. The maximum absolute atomic E-state index is 9.07. The van der Waals surface area contributed by atoms with E-state index in [4.69, 9.17) is 10.2 Å². The molecule has 0 aromatic carbocycles. The fourth-order valence-electron chi connectivity index (χ4n) is 1.84. The quantitative estimate of drug-likeness (QED) is 0.868.